The van der Waals surface area contributed by atoms with Gasteiger partial charge in [-0.3, -0.25) is 0 Å². The third-order valence-electron chi connectivity index (χ3n) is 1.98. The molecule has 0 unspecified atom stereocenters. The molecule has 1 aromatic rings. The molecule has 0 heterocycles. The molecule has 0 saturated heterocycles. The molecule has 94 valence electrons. The van der Waals surface area contributed by atoms with Crippen LogP contribution in [0.2, 0.25) is 0 Å². The van der Waals surface area contributed by atoms with E-state index >= 15 is 0 Å². The molecule has 2 heteroatoms. The Kier molecular flexibility index (Phi) is 9.92. The molecule has 17 heavy (non-hydrogen) atoms. The van der Waals surface area contributed by atoms with Gasteiger partial charge in [0.1, 0.15) is 0 Å². The van der Waals surface area contributed by atoms with Crippen molar-refractivity contribution in [2.45, 2.75) is 33.6 Å². The fourth-order valence-electron chi connectivity index (χ4n) is 1.26. The number of allylic oxidation sites excluding steroid dienone is 1. The van der Waals surface area contributed by atoms with Gasteiger partial charge in [-0.15, -0.1) is 0 Å². The van der Waals surface area contributed by atoms with Gasteiger partial charge in [-0.2, -0.15) is 0 Å². The van der Waals surface area contributed by atoms with Gasteiger partial charge in [0.15, 0.2) is 0 Å². The maximum absolute atomic E-state index is 10.9. The summed E-state index contributed by atoms with van der Waals surface area (Å²) in [6, 6.07) is 10.2. The number of benzene rings is 1. The van der Waals surface area contributed by atoms with E-state index in [2.05, 4.69) is 12.1 Å². The molecule has 0 fully saturated rings. The van der Waals surface area contributed by atoms with Gasteiger partial charge in [0.25, 0.3) is 0 Å². The van der Waals surface area contributed by atoms with Crippen molar-refractivity contribution >= 4 is 5.97 Å². The second kappa shape index (κ2) is 10.9. The summed E-state index contributed by atoms with van der Waals surface area (Å²) in [6.45, 7) is 6.23. The topological polar surface area (TPSA) is 26.3 Å². The molecule has 0 aliphatic carbocycles. The Labute approximate surface area is 104 Å². The minimum Gasteiger partial charge on any atom is -0.463 e. The number of ether oxygens (including phenoxy) is 1. The van der Waals surface area contributed by atoms with Gasteiger partial charge in [-0.1, -0.05) is 50.3 Å². The van der Waals surface area contributed by atoms with Crippen molar-refractivity contribution < 1.29 is 9.53 Å². The zero-order valence-electron chi connectivity index (χ0n) is 11.0. The molecule has 0 aliphatic rings. The van der Waals surface area contributed by atoms with Crippen molar-refractivity contribution in [1.29, 1.82) is 0 Å². The Morgan fingerprint density at radius 1 is 1.24 bits per heavy atom. The van der Waals surface area contributed by atoms with Gasteiger partial charge in [0.2, 0.25) is 0 Å². The van der Waals surface area contributed by atoms with Crippen molar-refractivity contribution in [1.82, 2.24) is 0 Å². The molecule has 1 rings (SSSR count). The number of hydrogen-bond acceptors (Lipinski definition) is 2. The summed E-state index contributed by atoms with van der Waals surface area (Å²) in [5.74, 6) is -0.259. The van der Waals surface area contributed by atoms with Gasteiger partial charge in [-0.25, -0.2) is 4.79 Å². The Hall–Kier alpha value is -1.57. The van der Waals surface area contributed by atoms with Crippen LogP contribution in [0.15, 0.2) is 42.5 Å². The summed E-state index contributed by atoms with van der Waals surface area (Å²) in [5.41, 5.74) is 1.28. The van der Waals surface area contributed by atoms with E-state index < -0.39 is 0 Å². The Morgan fingerprint density at radius 2 is 1.88 bits per heavy atom. The number of hydrogen-bond donors (Lipinski definition) is 0. The van der Waals surface area contributed by atoms with E-state index in [1.807, 2.05) is 38.1 Å². The number of rotatable bonds is 5. The molecule has 0 saturated carbocycles. The minimum absolute atomic E-state index is 0.259. The number of carbonyl (C=O) groups excluding carboxylic acids is 1. The van der Waals surface area contributed by atoms with Crippen LogP contribution < -0.4 is 0 Å². The highest BCUT2D eigenvalue weighted by atomic mass is 16.5. The Bertz CT molecular complexity index is 315. The van der Waals surface area contributed by atoms with Crippen LogP contribution in [0.1, 0.15) is 32.8 Å². The normalized spacial score (nSPS) is 9.59. The Morgan fingerprint density at radius 3 is 2.47 bits per heavy atom. The molecule has 0 atom stereocenters. The number of esters is 1. The van der Waals surface area contributed by atoms with E-state index in [-0.39, 0.29) is 5.97 Å². The molecule has 0 radical (unpaired) electrons. The first-order valence-corrected chi connectivity index (χ1v) is 6.20. The lowest BCUT2D eigenvalue weighted by Gasteiger charge is -1.97. The van der Waals surface area contributed by atoms with E-state index in [9.17, 15) is 4.79 Å². The second-order valence-electron chi connectivity index (χ2n) is 3.18. The van der Waals surface area contributed by atoms with Crippen molar-refractivity contribution in [3.05, 3.63) is 48.0 Å². The fraction of sp³-hybridized carbons (Fsp3) is 0.400. The van der Waals surface area contributed by atoms with Crippen LogP contribution in [-0.2, 0) is 16.0 Å². The average Bonchev–Trinajstić information content (AvgIpc) is 2.39. The third kappa shape index (κ3) is 8.26. The van der Waals surface area contributed by atoms with Gasteiger partial charge in [0, 0.05) is 6.08 Å². The molecule has 2 nitrogen and oxygen atoms in total. The van der Waals surface area contributed by atoms with Crippen molar-refractivity contribution in [2.75, 3.05) is 6.61 Å². The highest BCUT2D eigenvalue weighted by molar-refractivity contribution is 5.81. The van der Waals surface area contributed by atoms with Crippen LogP contribution in [0.25, 0.3) is 0 Å². The zero-order valence-corrected chi connectivity index (χ0v) is 11.0. The van der Waals surface area contributed by atoms with Crippen LogP contribution in [0.3, 0.4) is 0 Å². The van der Waals surface area contributed by atoms with Crippen molar-refractivity contribution in [3.8, 4) is 0 Å². The molecule has 0 spiro atoms. The summed E-state index contributed by atoms with van der Waals surface area (Å²) >= 11 is 0. The van der Waals surface area contributed by atoms with Gasteiger partial charge in [-0.05, 0) is 25.3 Å². The summed E-state index contributed by atoms with van der Waals surface area (Å²) < 4.78 is 4.77. The van der Waals surface area contributed by atoms with Gasteiger partial charge in [0.05, 0.1) is 6.61 Å². The molecular formula is C15H22O2. The van der Waals surface area contributed by atoms with Crippen molar-refractivity contribution in [3.63, 3.8) is 0 Å². The summed E-state index contributed by atoms with van der Waals surface area (Å²) in [4.78, 5) is 10.9. The minimum atomic E-state index is -0.259. The number of aryl methyl sites for hydroxylation is 1. The standard InChI is InChI=1S/C13H16O2.C2H6/c1-2-15-13(14)11-7-6-10-12-8-4-3-5-9-12;1-2/h3-5,7-9,11H,2,6,10H2,1H3;1-2H3/b11-7+;. The van der Waals surface area contributed by atoms with E-state index in [0.29, 0.717) is 6.61 Å². The van der Waals surface area contributed by atoms with Crippen LogP contribution in [0.4, 0.5) is 0 Å². The summed E-state index contributed by atoms with van der Waals surface area (Å²) in [6.07, 6.45) is 5.16. The first-order chi connectivity index (χ1) is 8.33. The second-order valence-corrected chi connectivity index (χ2v) is 3.18. The highest BCUT2D eigenvalue weighted by Crippen LogP contribution is 2.02. The van der Waals surface area contributed by atoms with Crippen LogP contribution in [0, 0.1) is 0 Å². The van der Waals surface area contributed by atoms with Crippen molar-refractivity contribution in [2.24, 2.45) is 0 Å². The smallest absolute Gasteiger partial charge is 0.330 e. The monoisotopic (exact) mass is 234 g/mol. The van der Waals surface area contributed by atoms with E-state index in [1.165, 1.54) is 11.6 Å². The van der Waals surface area contributed by atoms with Crippen LogP contribution in [-0.4, -0.2) is 12.6 Å². The fourth-order valence-corrected chi connectivity index (χ4v) is 1.26. The molecule has 0 amide bonds. The van der Waals surface area contributed by atoms with Crippen LogP contribution >= 0.6 is 0 Å². The first-order valence-electron chi connectivity index (χ1n) is 6.20. The van der Waals surface area contributed by atoms with E-state index in [0.717, 1.165) is 12.8 Å². The lowest BCUT2D eigenvalue weighted by Crippen LogP contribution is -1.98. The van der Waals surface area contributed by atoms with Crippen LogP contribution in [0.5, 0.6) is 0 Å². The SMILES string of the molecule is CC.CCOC(=O)/C=C/CCc1ccccc1. The zero-order chi connectivity index (χ0) is 12.9. The van der Waals surface area contributed by atoms with Gasteiger partial charge >= 0.3 is 5.97 Å². The largest absolute Gasteiger partial charge is 0.463 e. The Balaban J connectivity index is 0.00000121. The highest BCUT2D eigenvalue weighted by Gasteiger charge is 1.93. The lowest BCUT2D eigenvalue weighted by atomic mass is 10.1. The molecule has 1 aromatic carbocycles. The quantitative estimate of drug-likeness (QED) is 0.572. The summed E-state index contributed by atoms with van der Waals surface area (Å²) in [7, 11) is 0. The van der Waals surface area contributed by atoms with E-state index in [4.69, 9.17) is 4.74 Å². The first kappa shape index (κ1) is 15.4. The lowest BCUT2D eigenvalue weighted by molar-refractivity contribution is -0.137. The maximum atomic E-state index is 10.9. The predicted octanol–water partition coefficient (Wildman–Crippen LogP) is 3.76. The van der Waals surface area contributed by atoms with E-state index in [1.54, 1.807) is 6.92 Å². The third-order valence-corrected chi connectivity index (χ3v) is 1.98. The predicted molar refractivity (Wildman–Crippen MR) is 71.9 cm³/mol. The molecular weight excluding hydrogens is 212 g/mol. The number of carbonyl (C=O) groups is 1. The maximum Gasteiger partial charge on any atom is 0.330 e. The molecule has 0 aromatic heterocycles. The summed E-state index contributed by atoms with van der Waals surface area (Å²) in [5, 5.41) is 0. The molecule has 0 N–H and O–H groups in total. The molecule has 0 aliphatic heterocycles. The van der Waals surface area contributed by atoms with Gasteiger partial charge < -0.3 is 4.74 Å². The molecule has 0 bridgehead atoms. The average molecular weight is 234 g/mol.